The van der Waals surface area contributed by atoms with Crippen LogP contribution < -0.4 is 5.32 Å². The molecule has 7 heteroatoms. The fraction of sp³-hybridized carbons (Fsp3) is 0.0500. The average molecular weight is 379 g/mol. The average Bonchev–Trinajstić information content (AvgIpc) is 3.37. The molecule has 0 fully saturated rings. The second-order valence-corrected chi connectivity index (χ2v) is 6.25. The first kappa shape index (κ1) is 17.1. The molecule has 0 aliphatic carbocycles. The summed E-state index contributed by atoms with van der Waals surface area (Å²) in [6.07, 6.45) is 4.95. The van der Waals surface area contributed by atoms with E-state index in [0.29, 0.717) is 28.7 Å². The molecule has 0 spiro atoms. The second-order valence-electron chi connectivity index (χ2n) is 5.82. The molecule has 6 nitrogen and oxygen atoms in total. The van der Waals surface area contributed by atoms with Crippen LogP contribution in [0.4, 0.5) is 0 Å². The van der Waals surface area contributed by atoms with E-state index in [1.54, 1.807) is 65.8 Å². The number of amides is 1. The van der Waals surface area contributed by atoms with Crippen molar-refractivity contribution in [1.29, 1.82) is 0 Å². The highest BCUT2D eigenvalue weighted by Crippen LogP contribution is 2.23. The van der Waals surface area contributed by atoms with Gasteiger partial charge in [-0.05, 0) is 54.1 Å². The maximum Gasteiger partial charge on any atom is 0.270 e. The molecule has 27 heavy (non-hydrogen) atoms. The highest BCUT2D eigenvalue weighted by molar-refractivity contribution is 6.30. The number of halogens is 1. The Balaban J connectivity index is 1.67. The summed E-state index contributed by atoms with van der Waals surface area (Å²) in [7, 11) is 0. The Morgan fingerprint density at radius 1 is 1.11 bits per heavy atom. The number of pyridine rings is 1. The van der Waals surface area contributed by atoms with Crippen molar-refractivity contribution < 1.29 is 9.21 Å². The summed E-state index contributed by atoms with van der Waals surface area (Å²) in [5.41, 5.74) is 2.66. The van der Waals surface area contributed by atoms with Crippen LogP contribution in [0.2, 0.25) is 5.02 Å². The molecule has 0 saturated heterocycles. The van der Waals surface area contributed by atoms with Gasteiger partial charge < -0.3 is 9.73 Å². The number of rotatable bonds is 5. The smallest absolute Gasteiger partial charge is 0.270 e. The summed E-state index contributed by atoms with van der Waals surface area (Å²) in [6, 6.07) is 16.1. The van der Waals surface area contributed by atoms with Crippen LogP contribution >= 0.6 is 11.6 Å². The summed E-state index contributed by atoms with van der Waals surface area (Å²) < 4.78 is 7.00. The summed E-state index contributed by atoms with van der Waals surface area (Å²) in [6.45, 7) is 0.392. The number of carbonyl (C=O) groups is 1. The molecule has 0 atom stereocenters. The van der Waals surface area contributed by atoms with E-state index < -0.39 is 0 Å². The molecule has 3 heterocycles. The third kappa shape index (κ3) is 3.75. The van der Waals surface area contributed by atoms with Crippen molar-refractivity contribution in [2.45, 2.75) is 6.54 Å². The first-order valence-corrected chi connectivity index (χ1v) is 8.65. The first-order chi connectivity index (χ1) is 13.2. The molecule has 0 unspecified atom stereocenters. The highest BCUT2D eigenvalue weighted by Gasteiger charge is 2.18. The minimum atomic E-state index is -0.243. The van der Waals surface area contributed by atoms with Crippen LogP contribution in [-0.4, -0.2) is 20.7 Å². The van der Waals surface area contributed by atoms with E-state index in [9.17, 15) is 4.79 Å². The normalized spacial score (nSPS) is 10.7. The number of nitrogens with zero attached hydrogens (tertiary/aromatic N) is 3. The van der Waals surface area contributed by atoms with Crippen LogP contribution in [0.5, 0.6) is 0 Å². The quantitative estimate of drug-likeness (QED) is 0.567. The van der Waals surface area contributed by atoms with E-state index in [4.69, 9.17) is 16.0 Å². The zero-order valence-electron chi connectivity index (χ0n) is 14.2. The van der Waals surface area contributed by atoms with Crippen molar-refractivity contribution in [2.24, 2.45) is 0 Å². The predicted octanol–water partition coefficient (Wildman–Crippen LogP) is 4.11. The van der Waals surface area contributed by atoms with Gasteiger partial charge in [0.25, 0.3) is 5.91 Å². The van der Waals surface area contributed by atoms with E-state index in [-0.39, 0.29) is 5.91 Å². The number of hydrogen-bond acceptors (Lipinski definition) is 4. The van der Waals surface area contributed by atoms with Gasteiger partial charge in [0.05, 0.1) is 12.0 Å². The van der Waals surface area contributed by atoms with Gasteiger partial charge in [-0.1, -0.05) is 11.6 Å². The summed E-state index contributed by atoms with van der Waals surface area (Å²) in [5, 5.41) is 8.06. The summed E-state index contributed by atoms with van der Waals surface area (Å²) in [5.74, 6) is 0.345. The lowest BCUT2D eigenvalue weighted by Crippen LogP contribution is -2.25. The van der Waals surface area contributed by atoms with Gasteiger partial charge in [-0.3, -0.25) is 9.78 Å². The molecule has 3 aromatic heterocycles. The lowest BCUT2D eigenvalue weighted by atomic mass is 10.2. The molecule has 4 rings (SSSR count). The standard InChI is InChI=1S/C20H15ClN4O2/c21-15-3-5-16(6-4-15)25-18(12-17(24-25)19-2-1-11-27-19)20(26)23-13-14-7-9-22-10-8-14/h1-12H,13H2,(H,23,26). The highest BCUT2D eigenvalue weighted by atomic mass is 35.5. The molecule has 0 bridgehead atoms. The Kier molecular flexibility index (Phi) is 4.72. The Morgan fingerprint density at radius 2 is 1.89 bits per heavy atom. The van der Waals surface area contributed by atoms with Crippen LogP contribution in [0.1, 0.15) is 16.1 Å². The zero-order valence-corrected chi connectivity index (χ0v) is 14.9. The van der Waals surface area contributed by atoms with Crippen LogP contribution in [-0.2, 0) is 6.54 Å². The van der Waals surface area contributed by atoms with E-state index in [0.717, 1.165) is 11.3 Å². The number of nitrogens with one attached hydrogen (secondary N) is 1. The van der Waals surface area contributed by atoms with Crippen molar-refractivity contribution in [3.05, 3.63) is 89.5 Å². The fourth-order valence-electron chi connectivity index (χ4n) is 2.64. The molecule has 4 aromatic rings. The Morgan fingerprint density at radius 3 is 2.59 bits per heavy atom. The number of carbonyl (C=O) groups excluding carboxylic acids is 1. The van der Waals surface area contributed by atoms with Crippen LogP contribution in [0, 0.1) is 0 Å². The lowest BCUT2D eigenvalue weighted by molar-refractivity contribution is 0.0943. The molecular weight excluding hydrogens is 364 g/mol. The Hall–Kier alpha value is -3.38. The van der Waals surface area contributed by atoms with Gasteiger partial charge in [-0.15, -0.1) is 0 Å². The van der Waals surface area contributed by atoms with Gasteiger partial charge in [0.2, 0.25) is 0 Å². The van der Waals surface area contributed by atoms with Crippen molar-refractivity contribution in [1.82, 2.24) is 20.1 Å². The molecule has 1 amide bonds. The van der Waals surface area contributed by atoms with Gasteiger partial charge in [-0.2, -0.15) is 5.10 Å². The van der Waals surface area contributed by atoms with E-state index >= 15 is 0 Å². The predicted molar refractivity (Wildman–Crippen MR) is 102 cm³/mol. The van der Waals surface area contributed by atoms with Gasteiger partial charge >= 0.3 is 0 Å². The minimum absolute atomic E-state index is 0.243. The van der Waals surface area contributed by atoms with Crippen molar-refractivity contribution >= 4 is 17.5 Å². The van der Waals surface area contributed by atoms with Gasteiger partial charge in [0, 0.05) is 30.0 Å². The summed E-state index contributed by atoms with van der Waals surface area (Å²) >= 11 is 5.98. The largest absolute Gasteiger partial charge is 0.463 e. The molecule has 1 aromatic carbocycles. The maximum absolute atomic E-state index is 12.8. The van der Waals surface area contributed by atoms with Gasteiger partial charge in [-0.25, -0.2) is 4.68 Å². The third-order valence-corrected chi connectivity index (χ3v) is 4.24. The van der Waals surface area contributed by atoms with Gasteiger partial charge in [0.1, 0.15) is 11.4 Å². The molecule has 134 valence electrons. The molecule has 0 aliphatic rings. The van der Waals surface area contributed by atoms with E-state index in [1.165, 1.54) is 0 Å². The molecule has 0 aliphatic heterocycles. The SMILES string of the molecule is O=C(NCc1ccncc1)c1cc(-c2ccco2)nn1-c1ccc(Cl)cc1. The number of aromatic nitrogens is 3. The van der Waals surface area contributed by atoms with Crippen LogP contribution in [0.3, 0.4) is 0 Å². The molecule has 0 radical (unpaired) electrons. The molecular formula is C20H15ClN4O2. The monoisotopic (exact) mass is 378 g/mol. The van der Waals surface area contributed by atoms with E-state index in [1.807, 2.05) is 12.1 Å². The molecule has 1 N–H and O–H groups in total. The number of benzene rings is 1. The minimum Gasteiger partial charge on any atom is -0.463 e. The van der Waals surface area contributed by atoms with Crippen LogP contribution in [0.15, 0.2) is 77.7 Å². The van der Waals surface area contributed by atoms with E-state index in [2.05, 4.69) is 15.4 Å². The van der Waals surface area contributed by atoms with Crippen molar-refractivity contribution in [3.63, 3.8) is 0 Å². The van der Waals surface area contributed by atoms with Crippen molar-refractivity contribution in [2.75, 3.05) is 0 Å². The van der Waals surface area contributed by atoms with Gasteiger partial charge in [0.15, 0.2) is 5.76 Å². The maximum atomic E-state index is 12.8. The van der Waals surface area contributed by atoms with Crippen LogP contribution in [0.25, 0.3) is 17.1 Å². The Bertz CT molecular complexity index is 1040. The Labute approximate surface area is 160 Å². The fourth-order valence-corrected chi connectivity index (χ4v) is 2.77. The number of furan rings is 1. The summed E-state index contributed by atoms with van der Waals surface area (Å²) in [4.78, 5) is 16.8. The second kappa shape index (κ2) is 7.47. The van der Waals surface area contributed by atoms with Crippen molar-refractivity contribution in [3.8, 4) is 17.1 Å². The zero-order chi connectivity index (χ0) is 18.6. The topological polar surface area (TPSA) is 73.0 Å². The number of hydrogen-bond donors (Lipinski definition) is 1. The molecule has 0 saturated carbocycles. The lowest BCUT2D eigenvalue weighted by Gasteiger charge is -2.08. The first-order valence-electron chi connectivity index (χ1n) is 8.28. The third-order valence-electron chi connectivity index (χ3n) is 3.99.